The Morgan fingerprint density at radius 3 is 2.70 bits per heavy atom. The molecule has 0 bridgehead atoms. The average molecular weight is 328 g/mol. The number of phenolic OH excluding ortho intramolecular Hbond substituents is 1. The number of likely N-dealkylation sites (N-methyl/N-ethyl adjacent to an activating group) is 1. The molecule has 3 nitrogen and oxygen atoms in total. The van der Waals surface area contributed by atoms with E-state index >= 15 is 0 Å². The minimum absolute atomic E-state index is 0.238. The summed E-state index contributed by atoms with van der Waals surface area (Å²) in [5.41, 5.74) is 2.26. The van der Waals surface area contributed by atoms with Gasteiger partial charge in [-0.05, 0) is 68.0 Å². The quantitative estimate of drug-likeness (QED) is 0.769. The van der Waals surface area contributed by atoms with E-state index in [0.29, 0.717) is 0 Å². The summed E-state index contributed by atoms with van der Waals surface area (Å²) in [7, 11) is 2.04. The van der Waals surface area contributed by atoms with Crippen LogP contribution in [0, 0.1) is 0 Å². The third-order valence-electron chi connectivity index (χ3n) is 5.13. The first kappa shape index (κ1) is 14.5. The van der Waals surface area contributed by atoms with E-state index in [-0.39, 0.29) is 11.2 Å². The van der Waals surface area contributed by atoms with Gasteiger partial charge in [0.15, 0.2) is 0 Å². The van der Waals surface area contributed by atoms with Gasteiger partial charge in [0.1, 0.15) is 11.5 Å². The Morgan fingerprint density at radius 2 is 1.91 bits per heavy atom. The fourth-order valence-electron chi connectivity index (χ4n) is 3.77. The molecule has 0 amide bonds. The molecule has 1 N–H and O–H groups in total. The lowest BCUT2D eigenvalue weighted by molar-refractivity contribution is 0.0581. The number of hydrogen-bond donors (Lipinski definition) is 1. The van der Waals surface area contributed by atoms with Crippen molar-refractivity contribution in [2.45, 2.75) is 25.0 Å². The summed E-state index contributed by atoms with van der Waals surface area (Å²) in [4.78, 5) is 2.16. The largest absolute Gasteiger partial charge is 0.508 e. The van der Waals surface area contributed by atoms with E-state index in [2.05, 4.69) is 24.8 Å². The van der Waals surface area contributed by atoms with E-state index in [1.165, 1.54) is 5.56 Å². The Balaban J connectivity index is 1.89. The molecule has 0 radical (unpaired) electrons. The number of ether oxygens (including phenoxy) is 1. The molecule has 0 fully saturated rings. The van der Waals surface area contributed by atoms with E-state index in [4.69, 9.17) is 16.3 Å². The smallest absolute Gasteiger partial charge is 0.211 e. The van der Waals surface area contributed by atoms with Crippen molar-refractivity contribution in [3.8, 4) is 11.5 Å². The van der Waals surface area contributed by atoms with Crippen LogP contribution in [0.25, 0.3) is 6.08 Å². The Morgan fingerprint density at radius 1 is 1.13 bits per heavy atom. The van der Waals surface area contributed by atoms with Gasteiger partial charge in [0.2, 0.25) is 5.72 Å². The van der Waals surface area contributed by atoms with Crippen molar-refractivity contribution < 1.29 is 9.84 Å². The predicted octanol–water partition coefficient (Wildman–Crippen LogP) is 4.58. The van der Waals surface area contributed by atoms with Crippen LogP contribution >= 0.6 is 11.6 Å². The molecular formula is C19H18ClNO2. The van der Waals surface area contributed by atoms with Crippen LogP contribution < -0.4 is 9.64 Å². The first-order chi connectivity index (χ1) is 10.8. The molecular weight excluding hydrogens is 310 g/mol. The maximum absolute atomic E-state index is 9.66. The van der Waals surface area contributed by atoms with Crippen molar-refractivity contribution >= 4 is 23.4 Å². The highest BCUT2D eigenvalue weighted by atomic mass is 35.5. The summed E-state index contributed by atoms with van der Waals surface area (Å²) in [5, 5.41) is 10.4. The zero-order valence-corrected chi connectivity index (χ0v) is 14.1. The lowest BCUT2D eigenvalue weighted by Crippen LogP contribution is -2.58. The molecule has 1 unspecified atom stereocenters. The van der Waals surface area contributed by atoms with Gasteiger partial charge in [0.05, 0.1) is 5.41 Å². The SMILES string of the molecule is CN1c2ccc(Cl)cc2C(C)(C)C12C=Cc1cc(O)ccc1O2. The summed E-state index contributed by atoms with van der Waals surface area (Å²) in [6, 6.07) is 11.1. The molecule has 4 rings (SSSR count). The van der Waals surface area contributed by atoms with Gasteiger partial charge in [0.25, 0.3) is 0 Å². The normalized spacial score (nSPS) is 23.6. The Labute approximate surface area is 140 Å². The number of aromatic hydroxyl groups is 1. The van der Waals surface area contributed by atoms with Gasteiger partial charge in [-0.2, -0.15) is 0 Å². The van der Waals surface area contributed by atoms with Crippen LogP contribution in [0.3, 0.4) is 0 Å². The van der Waals surface area contributed by atoms with Crippen molar-refractivity contribution in [3.63, 3.8) is 0 Å². The van der Waals surface area contributed by atoms with Crippen LogP contribution in [-0.4, -0.2) is 17.9 Å². The maximum Gasteiger partial charge on any atom is 0.211 e. The molecule has 23 heavy (non-hydrogen) atoms. The van der Waals surface area contributed by atoms with Crippen LogP contribution in [0.4, 0.5) is 5.69 Å². The predicted molar refractivity (Wildman–Crippen MR) is 93.4 cm³/mol. The van der Waals surface area contributed by atoms with Crippen LogP contribution in [0.1, 0.15) is 25.0 Å². The van der Waals surface area contributed by atoms with E-state index in [1.54, 1.807) is 12.1 Å². The number of fused-ring (bicyclic) bond motifs is 2. The number of anilines is 1. The van der Waals surface area contributed by atoms with E-state index in [9.17, 15) is 5.11 Å². The van der Waals surface area contributed by atoms with Gasteiger partial charge < -0.3 is 14.7 Å². The Bertz CT molecular complexity index is 843. The van der Waals surface area contributed by atoms with Gasteiger partial charge in [0, 0.05) is 23.3 Å². The molecule has 2 aliphatic rings. The number of nitrogens with zero attached hydrogens (tertiary/aromatic N) is 1. The highest BCUT2D eigenvalue weighted by Gasteiger charge is 2.57. The molecule has 4 heteroatoms. The standard InChI is InChI=1S/C19H18ClNO2/c1-18(2)15-11-13(20)4-6-16(15)21(3)19(18)9-8-12-10-14(22)5-7-17(12)23-19/h4-11,22H,1-3H3. The van der Waals surface area contributed by atoms with Crippen LogP contribution in [-0.2, 0) is 5.41 Å². The van der Waals surface area contributed by atoms with Crippen LogP contribution in [0.2, 0.25) is 5.02 Å². The summed E-state index contributed by atoms with van der Waals surface area (Å²) >= 11 is 6.22. The third kappa shape index (κ3) is 1.77. The molecule has 0 saturated heterocycles. The summed E-state index contributed by atoms with van der Waals surface area (Å²) in [6.45, 7) is 4.34. The monoisotopic (exact) mass is 327 g/mol. The molecule has 2 aromatic rings. The highest BCUT2D eigenvalue weighted by Crippen LogP contribution is 2.54. The molecule has 2 aromatic carbocycles. The zero-order valence-electron chi connectivity index (χ0n) is 13.3. The van der Waals surface area contributed by atoms with Crippen molar-refractivity contribution in [1.29, 1.82) is 0 Å². The first-order valence-electron chi connectivity index (χ1n) is 7.60. The van der Waals surface area contributed by atoms with E-state index < -0.39 is 5.72 Å². The molecule has 118 valence electrons. The Hall–Kier alpha value is -2.13. The van der Waals surface area contributed by atoms with E-state index in [1.807, 2.05) is 37.4 Å². The molecule has 2 aliphatic heterocycles. The molecule has 0 aromatic heterocycles. The molecule has 0 aliphatic carbocycles. The summed E-state index contributed by atoms with van der Waals surface area (Å²) in [5.74, 6) is 1.01. The Kier molecular flexibility index (Phi) is 2.80. The number of phenols is 1. The summed E-state index contributed by atoms with van der Waals surface area (Å²) < 4.78 is 6.47. The van der Waals surface area contributed by atoms with Crippen molar-refractivity contribution in [1.82, 2.24) is 0 Å². The van der Waals surface area contributed by atoms with Gasteiger partial charge in [-0.3, -0.25) is 0 Å². The van der Waals surface area contributed by atoms with Gasteiger partial charge in [-0.25, -0.2) is 0 Å². The van der Waals surface area contributed by atoms with Crippen LogP contribution in [0.15, 0.2) is 42.5 Å². The van der Waals surface area contributed by atoms with E-state index in [0.717, 1.165) is 22.0 Å². The minimum Gasteiger partial charge on any atom is -0.508 e. The highest BCUT2D eigenvalue weighted by molar-refractivity contribution is 6.30. The first-order valence-corrected chi connectivity index (χ1v) is 7.98. The lowest BCUT2D eigenvalue weighted by Gasteiger charge is -2.45. The minimum atomic E-state index is -0.621. The number of hydrogen-bond acceptors (Lipinski definition) is 3. The second kappa shape index (κ2) is 4.45. The number of benzene rings is 2. The molecule has 0 saturated carbocycles. The molecule has 1 spiro atoms. The molecule has 1 atom stereocenters. The van der Waals surface area contributed by atoms with Gasteiger partial charge >= 0.3 is 0 Å². The number of rotatable bonds is 0. The average Bonchev–Trinajstić information content (AvgIpc) is 2.67. The van der Waals surface area contributed by atoms with Crippen molar-refractivity contribution in [2.75, 3.05) is 11.9 Å². The van der Waals surface area contributed by atoms with Gasteiger partial charge in [-0.1, -0.05) is 11.6 Å². The number of halogens is 1. The zero-order chi connectivity index (χ0) is 16.4. The van der Waals surface area contributed by atoms with Crippen LogP contribution in [0.5, 0.6) is 11.5 Å². The summed E-state index contributed by atoms with van der Waals surface area (Å²) in [6.07, 6.45) is 4.09. The maximum atomic E-state index is 9.66. The second-order valence-electron chi connectivity index (χ2n) is 6.70. The topological polar surface area (TPSA) is 32.7 Å². The van der Waals surface area contributed by atoms with Gasteiger partial charge in [-0.15, -0.1) is 0 Å². The molecule has 2 heterocycles. The fourth-order valence-corrected chi connectivity index (χ4v) is 3.94. The fraction of sp³-hybridized carbons (Fsp3) is 0.263. The lowest BCUT2D eigenvalue weighted by atomic mass is 9.76. The third-order valence-corrected chi connectivity index (χ3v) is 5.37. The second-order valence-corrected chi connectivity index (χ2v) is 7.14. The van der Waals surface area contributed by atoms with Crippen molar-refractivity contribution in [2.24, 2.45) is 0 Å². The van der Waals surface area contributed by atoms with Crippen molar-refractivity contribution in [3.05, 3.63) is 58.6 Å².